The number of benzene rings is 1. The van der Waals surface area contributed by atoms with Gasteiger partial charge in [-0.2, -0.15) is 0 Å². The highest BCUT2D eigenvalue weighted by atomic mass is 15.3. The van der Waals surface area contributed by atoms with Crippen molar-refractivity contribution in [2.75, 3.05) is 56.0 Å². The van der Waals surface area contributed by atoms with Crippen molar-refractivity contribution in [1.82, 2.24) is 4.90 Å². The van der Waals surface area contributed by atoms with Crippen LogP contribution in [0.1, 0.15) is 26.7 Å². The second kappa shape index (κ2) is 9.01. The van der Waals surface area contributed by atoms with Gasteiger partial charge in [0, 0.05) is 50.6 Å². The van der Waals surface area contributed by atoms with E-state index in [0.717, 1.165) is 44.9 Å². The molecular weight excluding hydrogens is 272 g/mol. The molecule has 4 nitrogen and oxygen atoms in total. The summed E-state index contributed by atoms with van der Waals surface area (Å²) in [6.07, 6.45) is 2.22. The Bertz CT molecular complexity index is 408. The Labute approximate surface area is 135 Å². The SMILES string of the molecule is CC(C)CN1CCN(c2ccc(NCCCCN)cc2)CC1. The highest BCUT2D eigenvalue weighted by Crippen LogP contribution is 2.19. The summed E-state index contributed by atoms with van der Waals surface area (Å²) in [5.74, 6) is 0.760. The van der Waals surface area contributed by atoms with E-state index in [0.29, 0.717) is 0 Å². The number of rotatable bonds is 8. The highest BCUT2D eigenvalue weighted by molar-refractivity contribution is 5.55. The molecule has 1 fully saturated rings. The van der Waals surface area contributed by atoms with E-state index in [1.165, 1.54) is 31.0 Å². The van der Waals surface area contributed by atoms with Gasteiger partial charge in [-0.1, -0.05) is 13.8 Å². The summed E-state index contributed by atoms with van der Waals surface area (Å²) >= 11 is 0. The molecule has 1 aliphatic heterocycles. The molecule has 124 valence electrons. The maximum Gasteiger partial charge on any atom is 0.0368 e. The standard InChI is InChI=1S/C18H32N4/c1-16(2)15-21-11-13-22(14-12-21)18-7-5-17(6-8-18)20-10-4-3-9-19/h5-8,16,20H,3-4,9-15,19H2,1-2H3. The molecule has 1 saturated heterocycles. The normalized spacial score (nSPS) is 16.3. The van der Waals surface area contributed by atoms with Crippen LogP contribution in [0, 0.1) is 5.92 Å². The van der Waals surface area contributed by atoms with E-state index in [4.69, 9.17) is 5.73 Å². The second-order valence-corrected chi connectivity index (χ2v) is 6.65. The van der Waals surface area contributed by atoms with E-state index in [1.807, 2.05) is 0 Å². The quantitative estimate of drug-likeness (QED) is 0.725. The monoisotopic (exact) mass is 304 g/mol. The highest BCUT2D eigenvalue weighted by Gasteiger charge is 2.17. The van der Waals surface area contributed by atoms with Crippen molar-refractivity contribution < 1.29 is 0 Å². The Morgan fingerprint density at radius 1 is 1.05 bits per heavy atom. The van der Waals surface area contributed by atoms with Crippen LogP contribution < -0.4 is 16.0 Å². The third kappa shape index (κ3) is 5.50. The topological polar surface area (TPSA) is 44.5 Å². The second-order valence-electron chi connectivity index (χ2n) is 6.65. The fraction of sp³-hybridized carbons (Fsp3) is 0.667. The van der Waals surface area contributed by atoms with Gasteiger partial charge in [0.25, 0.3) is 0 Å². The first-order chi connectivity index (χ1) is 10.7. The summed E-state index contributed by atoms with van der Waals surface area (Å²) in [5, 5.41) is 3.46. The Morgan fingerprint density at radius 3 is 2.32 bits per heavy atom. The van der Waals surface area contributed by atoms with Crippen LogP contribution in [-0.4, -0.2) is 50.7 Å². The number of nitrogens with two attached hydrogens (primary N) is 1. The van der Waals surface area contributed by atoms with Crippen molar-refractivity contribution >= 4 is 11.4 Å². The lowest BCUT2D eigenvalue weighted by Crippen LogP contribution is -2.47. The lowest BCUT2D eigenvalue weighted by molar-refractivity contribution is 0.231. The summed E-state index contributed by atoms with van der Waals surface area (Å²) < 4.78 is 0. The minimum Gasteiger partial charge on any atom is -0.385 e. The summed E-state index contributed by atoms with van der Waals surface area (Å²) in [4.78, 5) is 5.07. The van der Waals surface area contributed by atoms with Gasteiger partial charge in [0.05, 0.1) is 0 Å². The first kappa shape index (κ1) is 17.1. The smallest absolute Gasteiger partial charge is 0.0368 e. The molecule has 0 atom stereocenters. The molecule has 0 aliphatic carbocycles. The predicted molar refractivity (Wildman–Crippen MR) is 96.7 cm³/mol. The molecule has 1 aliphatic rings. The molecule has 0 radical (unpaired) electrons. The number of piperazine rings is 1. The third-order valence-corrected chi connectivity index (χ3v) is 4.19. The van der Waals surface area contributed by atoms with Crippen LogP contribution in [-0.2, 0) is 0 Å². The molecule has 0 unspecified atom stereocenters. The summed E-state index contributed by atoms with van der Waals surface area (Å²) in [5.41, 5.74) is 8.06. The lowest BCUT2D eigenvalue weighted by atomic mass is 10.1. The average molecular weight is 304 g/mol. The van der Waals surface area contributed by atoms with Crippen LogP contribution in [0.5, 0.6) is 0 Å². The molecule has 4 heteroatoms. The van der Waals surface area contributed by atoms with E-state index in [-0.39, 0.29) is 0 Å². The molecule has 1 heterocycles. The first-order valence-electron chi connectivity index (χ1n) is 8.70. The Hall–Kier alpha value is -1.26. The molecule has 22 heavy (non-hydrogen) atoms. The molecule has 2 rings (SSSR count). The van der Waals surface area contributed by atoms with Crippen molar-refractivity contribution in [3.63, 3.8) is 0 Å². The van der Waals surface area contributed by atoms with Gasteiger partial charge < -0.3 is 16.0 Å². The molecular formula is C18H32N4. The van der Waals surface area contributed by atoms with Gasteiger partial charge in [0.2, 0.25) is 0 Å². The minimum absolute atomic E-state index is 0.760. The van der Waals surface area contributed by atoms with Crippen LogP contribution >= 0.6 is 0 Å². The first-order valence-corrected chi connectivity index (χ1v) is 8.70. The van der Waals surface area contributed by atoms with Crippen LogP contribution in [0.15, 0.2) is 24.3 Å². The zero-order valence-corrected chi connectivity index (χ0v) is 14.2. The van der Waals surface area contributed by atoms with Crippen molar-refractivity contribution in [1.29, 1.82) is 0 Å². The Balaban J connectivity index is 1.76. The Kier molecular flexibility index (Phi) is 7.00. The minimum atomic E-state index is 0.760. The molecule has 0 bridgehead atoms. The number of nitrogens with zero attached hydrogens (tertiary/aromatic N) is 2. The number of unbranched alkanes of at least 4 members (excludes halogenated alkanes) is 1. The molecule has 0 saturated carbocycles. The number of anilines is 2. The van der Waals surface area contributed by atoms with Gasteiger partial charge in [0.1, 0.15) is 0 Å². The molecule has 0 amide bonds. The zero-order valence-electron chi connectivity index (χ0n) is 14.2. The third-order valence-electron chi connectivity index (χ3n) is 4.19. The van der Waals surface area contributed by atoms with E-state index < -0.39 is 0 Å². The maximum atomic E-state index is 5.51. The number of hydrogen-bond acceptors (Lipinski definition) is 4. The van der Waals surface area contributed by atoms with Gasteiger partial charge in [-0.05, 0) is 49.6 Å². The van der Waals surface area contributed by atoms with Gasteiger partial charge in [-0.15, -0.1) is 0 Å². The average Bonchev–Trinajstić information content (AvgIpc) is 2.52. The van der Waals surface area contributed by atoms with Crippen molar-refractivity contribution in [3.8, 4) is 0 Å². The van der Waals surface area contributed by atoms with Crippen LogP contribution in [0.3, 0.4) is 0 Å². The lowest BCUT2D eigenvalue weighted by Gasteiger charge is -2.36. The molecule has 1 aromatic carbocycles. The largest absolute Gasteiger partial charge is 0.385 e. The van der Waals surface area contributed by atoms with E-state index in [9.17, 15) is 0 Å². The van der Waals surface area contributed by atoms with Crippen molar-refractivity contribution in [2.45, 2.75) is 26.7 Å². The van der Waals surface area contributed by atoms with Crippen LogP contribution in [0.2, 0.25) is 0 Å². The van der Waals surface area contributed by atoms with Gasteiger partial charge in [-0.3, -0.25) is 4.90 Å². The summed E-state index contributed by atoms with van der Waals surface area (Å²) in [7, 11) is 0. The fourth-order valence-corrected chi connectivity index (χ4v) is 3.00. The molecule has 3 N–H and O–H groups in total. The van der Waals surface area contributed by atoms with Crippen LogP contribution in [0.25, 0.3) is 0 Å². The van der Waals surface area contributed by atoms with E-state index in [1.54, 1.807) is 0 Å². The van der Waals surface area contributed by atoms with Gasteiger partial charge in [0.15, 0.2) is 0 Å². The van der Waals surface area contributed by atoms with Gasteiger partial charge in [-0.25, -0.2) is 0 Å². The van der Waals surface area contributed by atoms with Crippen LogP contribution in [0.4, 0.5) is 11.4 Å². The molecule has 1 aromatic rings. The molecule has 0 spiro atoms. The van der Waals surface area contributed by atoms with E-state index in [2.05, 4.69) is 53.2 Å². The fourth-order valence-electron chi connectivity index (χ4n) is 3.00. The molecule has 0 aromatic heterocycles. The summed E-state index contributed by atoms with van der Waals surface area (Å²) in [6, 6.07) is 8.86. The Morgan fingerprint density at radius 2 is 1.73 bits per heavy atom. The summed E-state index contributed by atoms with van der Waals surface area (Å²) in [6.45, 7) is 12.2. The van der Waals surface area contributed by atoms with Crippen molar-refractivity contribution in [2.24, 2.45) is 11.7 Å². The number of hydrogen-bond donors (Lipinski definition) is 2. The zero-order chi connectivity index (χ0) is 15.8. The number of nitrogens with one attached hydrogen (secondary N) is 1. The predicted octanol–water partition coefficient (Wildman–Crippen LogP) is 2.62. The van der Waals surface area contributed by atoms with Gasteiger partial charge >= 0.3 is 0 Å². The van der Waals surface area contributed by atoms with E-state index >= 15 is 0 Å². The van der Waals surface area contributed by atoms with Crippen molar-refractivity contribution in [3.05, 3.63) is 24.3 Å². The maximum absolute atomic E-state index is 5.51.